The summed E-state index contributed by atoms with van der Waals surface area (Å²) in [5, 5.41) is 0. The van der Waals surface area contributed by atoms with Crippen molar-refractivity contribution in [2.75, 3.05) is 6.61 Å². The van der Waals surface area contributed by atoms with Gasteiger partial charge in [0.1, 0.15) is 11.5 Å². The van der Waals surface area contributed by atoms with Crippen molar-refractivity contribution in [2.45, 2.75) is 46.1 Å². The predicted molar refractivity (Wildman–Crippen MR) is 108 cm³/mol. The van der Waals surface area contributed by atoms with Crippen molar-refractivity contribution in [3.05, 3.63) is 59.7 Å². The first-order valence-electron chi connectivity index (χ1n) is 9.47. The highest BCUT2D eigenvalue weighted by Gasteiger charge is 2.10. The fourth-order valence-corrected chi connectivity index (χ4v) is 2.36. The molecule has 0 spiro atoms. The zero-order valence-corrected chi connectivity index (χ0v) is 16.8. The first kappa shape index (κ1) is 21.3. The highest BCUT2D eigenvalue weighted by Crippen LogP contribution is 2.18. The summed E-state index contributed by atoms with van der Waals surface area (Å²) in [5.41, 5.74) is 6.32. The Bertz CT molecular complexity index is 787. The van der Waals surface area contributed by atoms with Gasteiger partial charge in [0.15, 0.2) is 6.61 Å². The second-order valence-corrected chi connectivity index (χ2v) is 6.88. The van der Waals surface area contributed by atoms with E-state index in [4.69, 9.17) is 9.47 Å². The van der Waals surface area contributed by atoms with Crippen molar-refractivity contribution >= 4 is 11.8 Å². The van der Waals surface area contributed by atoms with E-state index in [1.807, 2.05) is 38.1 Å². The molecule has 0 fully saturated rings. The Balaban J connectivity index is 1.80. The smallest absolute Gasteiger partial charge is 0.276 e. The molecule has 6 heteroatoms. The minimum atomic E-state index is -0.451. The molecule has 0 aliphatic rings. The Morgan fingerprint density at radius 1 is 0.964 bits per heavy atom. The number of hydrazine groups is 1. The van der Waals surface area contributed by atoms with Crippen LogP contribution in [0.4, 0.5) is 0 Å². The quantitative estimate of drug-likeness (QED) is 0.678. The molecule has 0 saturated carbocycles. The molecule has 0 radical (unpaired) electrons. The number of ether oxygens (including phenoxy) is 2. The number of hydrogen-bond donors (Lipinski definition) is 2. The number of carbonyl (C=O) groups excluding carboxylic acids is 2. The van der Waals surface area contributed by atoms with Crippen LogP contribution in [0.1, 0.15) is 56.0 Å². The Hall–Kier alpha value is -3.02. The molecule has 0 bridgehead atoms. The van der Waals surface area contributed by atoms with Gasteiger partial charge >= 0.3 is 0 Å². The third-order valence-corrected chi connectivity index (χ3v) is 4.24. The van der Waals surface area contributed by atoms with Crippen molar-refractivity contribution in [3.63, 3.8) is 0 Å². The maximum absolute atomic E-state index is 12.2. The molecule has 0 heterocycles. The van der Waals surface area contributed by atoms with Crippen LogP contribution in [0.25, 0.3) is 0 Å². The van der Waals surface area contributed by atoms with Crippen LogP contribution in [0.15, 0.2) is 48.5 Å². The van der Waals surface area contributed by atoms with Crippen molar-refractivity contribution in [1.29, 1.82) is 0 Å². The molecule has 6 nitrogen and oxygen atoms in total. The van der Waals surface area contributed by atoms with E-state index in [1.165, 1.54) is 5.56 Å². The van der Waals surface area contributed by atoms with E-state index in [9.17, 15) is 9.59 Å². The van der Waals surface area contributed by atoms with Gasteiger partial charge in [0.2, 0.25) is 0 Å². The fourth-order valence-electron chi connectivity index (χ4n) is 2.36. The van der Waals surface area contributed by atoms with Crippen LogP contribution in [0.3, 0.4) is 0 Å². The summed E-state index contributed by atoms with van der Waals surface area (Å²) in [6.45, 7) is 8.01. The summed E-state index contributed by atoms with van der Waals surface area (Å²) < 4.78 is 11.1. The van der Waals surface area contributed by atoms with Gasteiger partial charge in [-0.3, -0.25) is 20.4 Å². The summed E-state index contributed by atoms with van der Waals surface area (Å²) in [4.78, 5) is 24.1. The maximum atomic E-state index is 12.2. The van der Waals surface area contributed by atoms with E-state index in [1.54, 1.807) is 24.3 Å². The largest absolute Gasteiger partial charge is 0.491 e. The lowest BCUT2D eigenvalue weighted by atomic mass is 10.0. The topological polar surface area (TPSA) is 76.7 Å². The molecule has 2 aromatic rings. The molecule has 0 saturated heterocycles. The first-order chi connectivity index (χ1) is 13.4. The molecule has 0 aliphatic heterocycles. The van der Waals surface area contributed by atoms with E-state index in [-0.39, 0.29) is 12.7 Å². The summed E-state index contributed by atoms with van der Waals surface area (Å²) >= 11 is 0. The first-order valence-corrected chi connectivity index (χ1v) is 9.47. The van der Waals surface area contributed by atoms with Crippen LogP contribution in [-0.2, 0) is 4.79 Å². The van der Waals surface area contributed by atoms with Gasteiger partial charge in [-0.05, 0) is 55.2 Å². The second kappa shape index (κ2) is 10.3. The van der Waals surface area contributed by atoms with Crippen molar-refractivity contribution in [3.8, 4) is 11.5 Å². The molecular weight excluding hydrogens is 356 g/mol. The van der Waals surface area contributed by atoms with Gasteiger partial charge in [0, 0.05) is 5.56 Å². The van der Waals surface area contributed by atoms with Crippen molar-refractivity contribution < 1.29 is 19.1 Å². The molecule has 1 atom stereocenters. The Morgan fingerprint density at radius 2 is 1.68 bits per heavy atom. The summed E-state index contributed by atoms with van der Waals surface area (Å²) in [7, 11) is 0. The third-order valence-electron chi connectivity index (χ3n) is 4.24. The monoisotopic (exact) mass is 384 g/mol. The zero-order valence-electron chi connectivity index (χ0n) is 16.8. The number of hydrogen-bond acceptors (Lipinski definition) is 4. The van der Waals surface area contributed by atoms with Gasteiger partial charge < -0.3 is 9.47 Å². The van der Waals surface area contributed by atoms with E-state index < -0.39 is 11.8 Å². The number of amides is 2. The van der Waals surface area contributed by atoms with E-state index in [0.29, 0.717) is 23.0 Å². The zero-order chi connectivity index (χ0) is 20.5. The molecular formula is C22H28N2O4. The van der Waals surface area contributed by atoms with Crippen LogP contribution in [0.5, 0.6) is 11.5 Å². The lowest BCUT2D eigenvalue weighted by Crippen LogP contribution is -2.43. The molecule has 2 rings (SSSR count). The maximum Gasteiger partial charge on any atom is 0.276 e. The van der Waals surface area contributed by atoms with Gasteiger partial charge in [0.05, 0.1) is 6.10 Å². The van der Waals surface area contributed by atoms with E-state index in [2.05, 4.69) is 24.7 Å². The van der Waals surface area contributed by atoms with E-state index in [0.717, 1.165) is 6.42 Å². The summed E-state index contributed by atoms with van der Waals surface area (Å²) in [6, 6.07) is 14.4. The summed E-state index contributed by atoms with van der Waals surface area (Å²) in [6.07, 6.45) is 0.928. The summed E-state index contributed by atoms with van der Waals surface area (Å²) in [5.74, 6) is 0.765. The second-order valence-electron chi connectivity index (χ2n) is 6.88. The third kappa shape index (κ3) is 6.61. The number of carbonyl (C=O) groups is 2. The Labute approximate surface area is 166 Å². The minimum absolute atomic E-state index is 0.0600. The van der Waals surface area contributed by atoms with Crippen molar-refractivity contribution in [1.82, 2.24) is 10.9 Å². The average molecular weight is 384 g/mol. The minimum Gasteiger partial charge on any atom is -0.491 e. The van der Waals surface area contributed by atoms with Crippen LogP contribution in [0.2, 0.25) is 0 Å². The highest BCUT2D eigenvalue weighted by atomic mass is 16.5. The molecule has 0 aromatic heterocycles. The molecule has 1 unspecified atom stereocenters. The van der Waals surface area contributed by atoms with Crippen LogP contribution in [0, 0.1) is 0 Å². The van der Waals surface area contributed by atoms with Crippen LogP contribution in [-0.4, -0.2) is 24.5 Å². The van der Waals surface area contributed by atoms with Gasteiger partial charge in [-0.2, -0.15) is 0 Å². The van der Waals surface area contributed by atoms with Crippen LogP contribution >= 0.6 is 0 Å². The number of rotatable bonds is 8. The standard InChI is InChI=1S/C22H28N2O4/c1-5-16(4)28-20-8-6-7-18(13-20)22(26)24-23-21(25)14-27-19-11-9-17(10-12-19)15(2)3/h6-13,15-16H,5,14H2,1-4H3,(H,23,25)(H,24,26). The predicted octanol–water partition coefficient (Wildman–Crippen LogP) is 3.83. The molecule has 2 aromatic carbocycles. The molecule has 150 valence electrons. The van der Waals surface area contributed by atoms with E-state index >= 15 is 0 Å². The van der Waals surface area contributed by atoms with Gasteiger partial charge in [0.25, 0.3) is 11.8 Å². The SMILES string of the molecule is CCC(C)Oc1cccc(C(=O)NNC(=O)COc2ccc(C(C)C)cc2)c1. The lowest BCUT2D eigenvalue weighted by Gasteiger charge is -2.13. The average Bonchev–Trinajstić information content (AvgIpc) is 2.70. The van der Waals surface area contributed by atoms with Gasteiger partial charge in [-0.15, -0.1) is 0 Å². The fraction of sp³-hybridized carbons (Fsp3) is 0.364. The lowest BCUT2D eigenvalue weighted by molar-refractivity contribution is -0.123. The molecule has 0 aliphatic carbocycles. The molecule has 2 amide bonds. The molecule has 28 heavy (non-hydrogen) atoms. The van der Waals surface area contributed by atoms with Gasteiger partial charge in [-0.25, -0.2) is 0 Å². The Morgan fingerprint density at radius 3 is 2.32 bits per heavy atom. The highest BCUT2D eigenvalue weighted by molar-refractivity contribution is 5.95. The molecule has 2 N–H and O–H groups in total. The number of benzene rings is 2. The van der Waals surface area contributed by atoms with Gasteiger partial charge in [-0.1, -0.05) is 39.0 Å². The number of nitrogens with one attached hydrogen (secondary N) is 2. The normalized spacial score (nSPS) is 11.6. The van der Waals surface area contributed by atoms with Crippen molar-refractivity contribution in [2.24, 2.45) is 0 Å². The van der Waals surface area contributed by atoms with Crippen LogP contribution < -0.4 is 20.3 Å². The Kier molecular flexibility index (Phi) is 7.87.